The molecule has 0 saturated carbocycles. The van der Waals surface area contributed by atoms with E-state index in [1.807, 2.05) is 34.6 Å². The second-order valence-electron chi connectivity index (χ2n) is 7.35. The van der Waals surface area contributed by atoms with Crippen molar-refractivity contribution in [1.82, 2.24) is 0 Å². The smallest absolute Gasteiger partial charge is 0.408 e. The van der Waals surface area contributed by atoms with Gasteiger partial charge in [-0.05, 0) is 0 Å². The van der Waals surface area contributed by atoms with E-state index < -0.39 is 28.5 Å². The van der Waals surface area contributed by atoms with E-state index in [1.165, 1.54) is 7.05 Å². The lowest BCUT2D eigenvalue weighted by Crippen LogP contribution is -2.53. The first kappa shape index (κ1) is 16.4. The van der Waals surface area contributed by atoms with Gasteiger partial charge >= 0.3 is 6.09 Å². The van der Waals surface area contributed by atoms with Gasteiger partial charge in [0.2, 0.25) is 0 Å². The molecule has 0 aliphatic carbocycles. The minimum Gasteiger partial charge on any atom is -0.408 e. The largest absolute Gasteiger partial charge is 0.549 e. The molecule has 19 heavy (non-hydrogen) atoms. The first-order valence-electron chi connectivity index (χ1n) is 6.44. The van der Waals surface area contributed by atoms with Crippen molar-refractivity contribution < 1.29 is 29.2 Å². The van der Waals surface area contributed by atoms with Crippen molar-refractivity contribution >= 4 is 6.09 Å². The molecule has 0 spiro atoms. The summed E-state index contributed by atoms with van der Waals surface area (Å²) in [6, 6.07) is 0. The molecule has 0 aromatic heterocycles. The highest BCUT2D eigenvalue weighted by Gasteiger charge is 2.49. The van der Waals surface area contributed by atoms with Crippen molar-refractivity contribution in [3.8, 4) is 0 Å². The van der Waals surface area contributed by atoms with Crippen LogP contribution in [0.4, 0.5) is 4.79 Å². The summed E-state index contributed by atoms with van der Waals surface area (Å²) in [4.78, 5) is 12.1. The Hall–Kier alpha value is -0.690. The molecule has 1 fully saturated rings. The maximum absolute atomic E-state index is 12.1. The molecule has 2 N–H and O–H groups in total. The Morgan fingerprint density at radius 2 is 2.00 bits per heavy atom. The summed E-state index contributed by atoms with van der Waals surface area (Å²) in [6.07, 6.45) is -2.70. The summed E-state index contributed by atoms with van der Waals surface area (Å²) in [5.74, 6) is 0. The molecule has 1 aliphatic heterocycles. The lowest BCUT2D eigenvalue weighted by molar-refractivity contribution is -1.03. The average molecular weight is 276 g/mol. The predicted molar refractivity (Wildman–Crippen MR) is 68.3 cm³/mol. The number of hydroxylamine groups is 3. The topological polar surface area (TPSA) is 76.0 Å². The van der Waals surface area contributed by atoms with Crippen LogP contribution in [-0.4, -0.2) is 53.6 Å². The fourth-order valence-corrected chi connectivity index (χ4v) is 2.28. The number of carbonyl (C=O) groups is 1. The van der Waals surface area contributed by atoms with Gasteiger partial charge in [-0.15, -0.1) is 0 Å². The number of amides is 1. The number of hydrogen-bond donors (Lipinski definition) is 2. The molecule has 1 heterocycles. The van der Waals surface area contributed by atoms with Crippen molar-refractivity contribution in [2.45, 2.75) is 47.0 Å². The molecule has 1 saturated heterocycles. The molecule has 0 radical (unpaired) electrons. The Morgan fingerprint density at radius 1 is 1.47 bits per heavy atom. The number of hydrogen-bond acceptors (Lipinski definition) is 5. The van der Waals surface area contributed by atoms with E-state index in [0.717, 1.165) is 0 Å². The SMILES string of the molecule is CC(C)(C)C[N+](C)(O)C(=O)OC1C(O)OCC1(C)C. The standard InChI is InChI=1S/C13H26NO5/c1-12(2,3)7-14(6,17)11(16)19-9-10(15)18-8-13(9,4)5/h9-10,15,17H,7-8H2,1-6H3/q+1. The first-order valence-corrected chi connectivity index (χ1v) is 6.44. The van der Waals surface area contributed by atoms with Gasteiger partial charge in [-0.3, -0.25) is 0 Å². The van der Waals surface area contributed by atoms with Crippen molar-refractivity contribution in [1.29, 1.82) is 0 Å². The fraction of sp³-hybridized carbons (Fsp3) is 0.923. The molecule has 1 amide bonds. The molecule has 0 aromatic rings. The first-order chi connectivity index (χ1) is 8.35. The van der Waals surface area contributed by atoms with Gasteiger partial charge in [0.25, 0.3) is 0 Å². The van der Waals surface area contributed by atoms with Gasteiger partial charge in [-0.1, -0.05) is 39.3 Å². The number of aliphatic hydroxyl groups is 1. The monoisotopic (exact) mass is 276 g/mol. The van der Waals surface area contributed by atoms with E-state index in [4.69, 9.17) is 9.47 Å². The van der Waals surface area contributed by atoms with Crippen molar-refractivity contribution in [2.24, 2.45) is 10.8 Å². The zero-order valence-corrected chi connectivity index (χ0v) is 12.6. The molecule has 0 aromatic carbocycles. The summed E-state index contributed by atoms with van der Waals surface area (Å²) >= 11 is 0. The lowest BCUT2D eigenvalue weighted by atomic mass is 9.89. The molecule has 1 rings (SSSR count). The fourth-order valence-electron chi connectivity index (χ4n) is 2.28. The van der Waals surface area contributed by atoms with E-state index in [2.05, 4.69) is 0 Å². The van der Waals surface area contributed by atoms with Gasteiger partial charge in [-0.2, -0.15) is 4.79 Å². The van der Waals surface area contributed by atoms with Gasteiger partial charge in [-0.25, -0.2) is 5.21 Å². The van der Waals surface area contributed by atoms with E-state index in [1.54, 1.807) is 0 Å². The van der Waals surface area contributed by atoms with Crippen LogP contribution >= 0.6 is 0 Å². The van der Waals surface area contributed by atoms with Crippen LogP contribution in [0.25, 0.3) is 0 Å². The molecule has 1 aliphatic rings. The highest BCUT2D eigenvalue weighted by molar-refractivity contribution is 5.59. The third-order valence-corrected chi connectivity index (χ3v) is 3.06. The van der Waals surface area contributed by atoms with Crippen LogP contribution < -0.4 is 0 Å². The van der Waals surface area contributed by atoms with Crippen LogP contribution in [0, 0.1) is 10.8 Å². The van der Waals surface area contributed by atoms with Gasteiger partial charge < -0.3 is 14.6 Å². The van der Waals surface area contributed by atoms with E-state index >= 15 is 0 Å². The van der Waals surface area contributed by atoms with Crippen molar-refractivity contribution in [3.05, 3.63) is 0 Å². The predicted octanol–water partition coefficient (Wildman–Crippen LogP) is 1.75. The van der Waals surface area contributed by atoms with Gasteiger partial charge in [0.1, 0.15) is 13.6 Å². The lowest BCUT2D eigenvalue weighted by Gasteiger charge is -2.31. The maximum Gasteiger partial charge on any atom is 0.549 e. The Bertz CT molecular complexity index is 345. The van der Waals surface area contributed by atoms with Crippen LogP contribution in [0.15, 0.2) is 0 Å². The quantitative estimate of drug-likeness (QED) is 0.456. The van der Waals surface area contributed by atoms with Crippen molar-refractivity contribution in [2.75, 3.05) is 20.2 Å². The zero-order valence-electron chi connectivity index (χ0n) is 12.6. The maximum atomic E-state index is 12.1. The summed E-state index contributed by atoms with van der Waals surface area (Å²) < 4.78 is 9.47. The van der Waals surface area contributed by atoms with Gasteiger partial charge in [0, 0.05) is 10.8 Å². The summed E-state index contributed by atoms with van der Waals surface area (Å²) in [6.45, 7) is 9.97. The van der Waals surface area contributed by atoms with Crippen molar-refractivity contribution in [3.63, 3.8) is 0 Å². The molecule has 6 heteroatoms. The van der Waals surface area contributed by atoms with Crippen LogP contribution in [0.3, 0.4) is 0 Å². The van der Waals surface area contributed by atoms with E-state index in [-0.39, 0.29) is 12.0 Å². The van der Waals surface area contributed by atoms with E-state index in [9.17, 15) is 15.1 Å². The highest BCUT2D eigenvalue weighted by atomic mass is 16.7. The molecule has 3 unspecified atom stereocenters. The minimum atomic E-state index is -1.14. The number of aliphatic hydroxyl groups excluding tert-OH is 1. The van der Waals surface area contributed by atoms with Crippen LogP contribution in [-0.2, 0) is 9.47 Å². The molecular weight excluding hydrogens is 250 g/mol. The molecular formula is C13H26NO5+. The molecule has 0 bridgehead atoms. The summed E-state index contributed by atoms with van der Waals surface area (Å²) in [5.41, 5.74) is -0.709. The third kappa shape index (κ3) is 4.14. The van der Waals surface area contributed by atoms with Gasteiger partial charge in [0.05, 0.1) is 6.61 Å². The number of rotatable bonds is 2. The Balaban J connectivity index is 2.74. The Morgan fingerprint density at radius 3 is 2.37 bits per heavy atom. The minimum absolute atomic E-state index is 0.218. The third-order valence-electron chi connectivity index (χ3n) is 3.06. The number of carbonyl (C=O) groups excluding carboxylic acids is 1. The zero-order chi connectivity index (χ0) is 15.1. The van der Waals surface area contributed by atoms with Gasteiger partial charge in [0.15, 0.2) is 12.4 Å². The second kappa shape index (κ2) is 5.01. The van der Waals surface area contributed by atoms with Crippen LogP contribution in [0.5, 0.6) is 0 Å². The summed E-state index contributed by atoms with van der Waals surface area (Å²) in [5, 5.41) is 19.9. The Kier molecular flexibility index (Phi) is 4.32. The number of ether oxygens (including phenoxy) is 2. The van der Waals surface area contributed by atoms with E-state index in [0.29, 0.717) is 6.61 Å². The Labute approximate surface area is 114 Å². The normalized spacial score (nSPS) is 29.9. The second-order valence-corrected chi connectivity index (χ2v) is 7.35. The number of nitrogens with zero attached hydrogens (tertiary/aromatic N) is 1. The molecule has 6 nitrogen and oxygen atoms in total. The molecule has 3 atom stereocenters. The highest BCUT2D eigenvalue weighted by Crippen LogP contribution is 2.34. The molecule has 112 valence electrons. The number of quaternary nitrogens is 1. The average Bonchev–Trinajstić information content (AvgIpc) is 2.41. The van der Waals surface area contributed by atoms with Crippen LogP contribution in [0.2, 0.25) is 0 Å². The summed E-state index contributed by atoms with van der Waals surface area (Å²) in [7, 11) is 1.38. The van der Waals surface area contributed by atoms with Crippen LogP contribution in [0.1, 0.15) is 34.6 Å².